The van der Waals surface area contributed by atoms with Crippen molar-refractivity contribution in [2.75, 3.05) is 11.9 Å². The van der Waals surface area contributed by atoms with Crippen LogP contribution < -0.4 is 5.32 Å². The average Bonchev–Trinajstić information content (AvgIpc) is 2.70. The van der Waals surface area contributed by atoms with Gasteiger partial charge in [0, 0.05) is 12.6 Å². The monoisotopic (exact) mass is 219 g/mol. The lowest BCUT2D eigenvalue weighted by Gasteiger charge is -2.14. The molecule has 0 amide bonds. The molecule has 3 N–H and O–H groups in total. The third-order valence-electron chi connectivity index (χ3n) is 2.70. The van der Waals surface area contributed by atoms with Gasteiger partial charge in [0.1, 0.15) is 0 Å². The molecular weight excluding hydrogens is 202 g/mol. The zero-order valence-corrected chi connectivity index (χ0v) is 9.40. The van der Waals surface area contributed by atoms with Gasteiger partial charge in [0.2, 0.25) is 5.95 Å². The van der Waals surface area contributed by atoms with Crippen LogP contribution in [-0.4, -0.2) is 27.7 Å². The van der Waals surface area contributed by atoms with E-state index in [1.807, 2.05) is 24.3 Å². The highest BCUT2D eigenvalue weighted by Gasteiger charge is 2.08. The van der Waals surface area contributed by atoms with E-state index in [9.17, 15) is 0 Å². The first-order chi connectivity index (χ1) is 7.83. The molecule has 4 heteroatoms. The summed E-state index contributed by atoms with van der Waals surface area (Å²) in [5, 5.41) is 12.2. The van der Waals surface area contributed by atoms with Crippen LogP contribution in [0.2, 0.25) is 0 Å². The third kappa shape index (κ3) is 2.33. The molecule has 16 heavy (non-hydrogen) atoms. The maximum Gasteiger partial charge on any atom is 0.201 e. The molecule has 2 rings (SSSR count). The molecule has 4 nitrogen and oxygen atoms in total. The fraction of sp³-hybridized carbons (Fsp3) is 0.417. The molecule has 0 aliphatic heterocycles. The minimum absolute atomic E-state index is 0.200. The van der Waals surface area contributed by atoms with E-state index in [-0.39, 0.29) is 12.6 Å². The first-order valence-electron chi connectivity index (χ1n) is 5.65. The minimum Gasteiger partial charge on any atom is -0.396 e. The number of fused-ring (bicyclic) bond motifs is 1. The van der Waals surface area contributed by atoms with Crippen LogP contribution in [0.15, 0.2) is 24.3 Å². The molecule has 0 saturated carbocycles. The highest BCUT2D eigenvalue weighted by molar-refractivity contribution is 5.77. The highest BCUT2D eigenvalue weighted by atomic mass is 16.3. The Balaban J connectivity index is 2.14. The van der Waals surface area contributed by atoms with Crippen LogP contribution in [0.1, 0.15) is 19.8 Å². The predicted molar refractivity (Wildman–Crippen MR) is 65.5 cm³/mol. The largest absolute Gasteiger partial charge is 0.396 e. The zero-order valence-electron chi connectivity index (χ0n) is 9.40. The van der Waals surface area contributed by atoms with E-state index >= 15 is 0 Å². The summed E-state index contributed by atoms with van der Waals surface area (Å²) in [7, 11) is 0. The van der Waals surface area contributed by atoms with Crippen molar-refractivity contribution in [3.8, 4) is 0 Å². The number of aromatic nitrogens is 2. The van der Waals surface area contributed by atoms with Gasteiger partial charge >= 0.3 is 0 Å². The van der Waals surface area contributed by atoms with Crippen LogP contribution in [0, 0.1) is 0 Å². The number of hydrogen-bond acceptors (Lipinski definition) is 3. The Bertz CT molecular complexity index is 419. The molecule has 1 unspecified atom stereocenters. The lowest BCUT2D eigenvalue weighted by Crippen LogP contribution is -2.20. The van der Waals surface area contributed by atoms with Crippen LogP contribution in [0.4, 0.5) is 5.95 Å². The van der Waals surface area contributed by atoms with E-state index in [1.54, 1.807) is 0 Å². The van der Waals surface area contributed by atoms with Gasteiger partial charge in [0.15, 0.2) is 0 Å². The fourth-order valence-corrected chi connectivity index (χ4v) is 1.75. The van der Waals surface area contributed by atoms with Gasteiger partial charge in [-0.05, 0) is 25.0 Å². The summed E-state index contributed by atoms with van der Waals surface area (Å²) in [6, 6.07) is 8.20. The molecule has 0 radical (unpaired) electrons. The molecule has 0 saturated heterocycles. The van der Waals surface area contributed by atoms with Gasteiger partial charge in [-0.1, -0.05) is 19.1 Å². The van der Waals surface area contributed by atoms with E-state index in [0.29, 0.717) is 0 Å². The predicted octanol–water partition coefficient (Wildman–Crippen LogP) is 2.14. The number of H-pyrrole nitrogens is 1. The van der Waals surface area contributed by atoms with Gasteiger partial charge in [-0.25, -0.2) is 4.98 Å². The van der Waals surface area contributed by atoms with E-state index in [4.69, 9.17) is 5.11 Å². The Morgan fingerprint density at radius 1 is 1.44 bits per heavy atom. The number of hydrogen-bond donors (Lipinski definition) is 3. The van der Waals surface area contributed by atoms with Crippen molar-refractivity contribution in [3.63, 3.8) is 0 Å². The molecule has 0 fully saturated rings. The van der Waals surface area contributed by atoms with Crippen LogP contribution >= 0.6 is 0 Å². The first kappa shape index (κ1) is 11.0. The number of rotatable bonds is 5. The Labute approximate surface area is 94.7 Å². The van der Waals surface area contributed by atoms with Crippen molar-refractivity contribution in [2.45, 2.75) is 25.8 Å². The van der Waals surface area contributed by atoms with Crippen molar-refractivity contribution in [3.05, 3.63) is 24.3 Å². The standard InChI is InChI=1S/C12H17N3O/c1-2-9(7-8-16)13-12-14-10-5-3-4-6-11(10)15-12/h3-6,9,16H,2,7-8H2,1H3,(H2,13,14,15). The molecule has 86 valence electrons. The van der Waals surface area contributed by atoms with Crippen molar-refractivity contribution < 1.29 is 5.11 Å². The molecule has 0 aliphatic rings. The second kappa shape index (κ2) is 4.99. The summed E-state index contributed by atoms with van der Waals surface area (Å²) in [5.74, 6) is 0.779. The van der Waals surface area contributed by atoms with Gasteiger partial charge in [-0.15, -0.1) is 0 Å². The normalized spacial score (nSPS) is 12.9. The van der Waals surface area contributed by atoms with Crippen LogP contribution in [0.25, 0.3) is 11.0 Å². The van der Waals surface area contributed by atoms with E-state index in [1.165, 1.54) is 0 Å². The number of imidazole rings is 1. The van der Waals surface area contributed by atoms with Gasteiger partial charge in [0.25, 0.3) is 0 Å². The summed E-state index contributed by atoms with van der Waals surface area (Å²) < 4.78 is 0. The minimum atomic E-state index is 0.200. The van der Waals surface area contributed by atoms with Gasteiger partial charge < -0.3 is 15.4 Å². The molecule has 1 atom stereocenters. The third-order valence-corrected chi connectivity index (χ3v) is 2.70. The lowest BCUT2D eigenvalue weighted by atomic mass is 10.2. The van der Waals surface area contributed by atoms with Gasteiger partial charge in [0.05, 0.1) is 11.0 Å². The molecule has 1 aromatic carbocycles. The average molecular weight is 219 g/mol. The molecule has 1 aromatic heterocycles. The highest BCUT2D eigenvalue weighted by Crippen LogP contribution is 2.15. The topological polar surface area (TPSA) is 60.9 Å². The van der Waals surface area contributed by atoms with Crippen molar-refractivity contribution in [1.82, 2.24) is 9.97 Å². The van der Waals surface area contributed by atoms with E-state index in [2.05, 4.69) is 22.2 Å². The summed E-state index contributed by atoms with van der Waals surface area (Å²) in [6.45, 7) is 2.29. The van der Waals surface area contributed by atoms with Crippen molar-refractivity contribution >= 4 is 17.0 Å². The molecular formula is C12H17N3O. The number of anilines is 1. The van der Waals surface area contributed by atoms with Crippen LogP contribution in [-0.2, 0) is 0 Å². The van der Waals surface area contributed by atoms with Crippen molar-refractivity contribution in [1.29, 1.82) is 0 Å². The number of nitrogens with one attached hydrogen (secondary N) is 2. The molecule has 2 aromatic rings. The Morgan fingerprint density at radius 3 is 2.94 bits per heavy atom. The quantitative estimate of drug-likeness (QED) is 0.722. The number of para-hydroxylation sites is 2. The van der Waals surface area contributed by atoms with E-state index in [0.717, 1.165) is 29.8 Å². The lowest BCUT2D eigenvalue weighted by molar-refractivity contribution is 0.278. The number of aliphatic hydroxyl groups is 1. The van der Waals surface area contributed by atoms with Gasteiger partial charge in [-0.3, -0.25) is 0 Å². The summed E-state index contributed by atoms with van der Waals surface area (Å²) in [4.78, 5) is 7.65. The maximum absolute atomic E-state index is 8.91. The summed E-state index contributed by atoms with van der Waals surface area (Å²) in [5.41, 5.74) is 1.99. The van der Waals surface area contributed by atoms with Crippen LogP contribution in [0.3, 0.4) is 0 Å². The van der Waals surface area contributed by atoms with Crippen LogP contribution in [0.5, 0.6) is 0 Å². The van der Waals surface area contributed by atoms with Crippen molar-refractivity contribution in [2.24, 2.45) is 0 Å². The molecule has 0 aliphatic carbocycles. The Kier molecular flexibility index (Phi) is 3.41. The Hall–Kier alpha value is -1.55. The van der Waals surface area contributed by atoms with E-state index < -0.39 is 0 Å². The maximum atomic E-state index is 8.91. The first-order valence-corrected chi connectivity index (χ1v) is 5.65. The zero-order chi connectivity index (χ0) is 11.4. The number of aliphatic hydroxyl groups excluding tert-OH is 1. The number of nitrogens with zero attached hydrogens (tertiary/aromatic N) is 1. The van der Waals surface area contributed by atoms with Gasteiger partial charge in [-0.2, -0.15) is 0 Å². The molecule has 0 spiro atoms. The number of benzene rings is 1. The summed E-state index contributed by atoms with van der Waals surface area (Å²) in [6.07, 6.45) is 1.71. The fourth-order valence-electron chi connectivity index (χ4n) is 1.75. The second-order valence-electron chi connectivity index (χ2n) is 3.86. The second-order valence-corrected chi connectivity index (χ2v) is 3.86. The summed E-state index contributed by atoms with van der Waals surface area (Å²) >= 11 is 0. The Morgan fingerprint density at radius 2 is 2.25 bits per heavy atom. The molecule has 0 bridgehead atoms. The smallest absolute Gasteiger partial charge is 0.201 e. The molecule has 1 heterocycles. The number of aromatic amines is 1. The SMILES string of the molecule is CCC(CCO)Nc1nc2ccccc2[nH]1.